The predicted molar refractivity (Wildman–Crippen MR) is 78.5 cm³/mol. The Hall–Kier alpha value is -2.27. The summed E-state index contributed by atoms with van der Waals surface area (Å²) in [5.74, 6) is 1.15. The van der Waals surface area contributed by atoms with Crippen molar-refractivity contribution in [3.63, 3.8) is 0 Å². The second-order valence-corrected chi connectivity index (χ2v) is 5.13. The number of furan rings is 1. The van der Waals surface area contributed by atoms with E-state index in [-0.39, 0.29) is 10.9 Å². The number of nitrogens with two attached hydrogens (primary N) is 1. The number of nitrogens with zero attached hydrogens (tertiary/aromatic N) is 1. The third-order valence-corrected chi connectivity index (χ3v) is 3.53. The summed E-state index contributed by atoms with van der Waals surface area (Å²) in [6, 6.07) is 5.92. The van der Waals surface area contributed by atoms with Crippen LogP contribution in [0.5, 0.6) is 0 Å². The van der Waals surface area contributed by atoms with Gasteiger partial charge in [-0.25, -0.2) is 4.39 Å². The molecule has 2 heterocycles. The van der Waals surface area contributed by atoms with Crippen LogP contribution >= 0.6 is 11.6 Å². The maximum atomic E-state index is 13.2. The molecule has 1 aromatic carbocycles. The standard InChI is InChI=1S/C15H12ClFN2O2/c1-7-5-11(8(2)20-7)14-13(15(18)21-19-14)10-4-3-9(17)6-12(10)16/h3-6H,18H2,1-2H3. The van der Waals surface area contributed by atoms with Crippen molar-refractivity contribution in [3.8, 4) is 22.4 Å². The number of nitrogen functional groups attached to an aromatic ring is 1. The molecule has 0 unspecified atom stereocenters. The van der Waals surface area contributed by atoms with Crippen molar-refractivity contribution in [1.29, 1.82) is 0 Å². The molecular weight excluding hydrogens is 295 g/mol. The molecule has 2 N–H and O–H groups in total. The normalized spacial score (nSPS) is 11.0. The van der Waals surface area contributed by atoms with Gasteiger partial charge in [-0.3, -0.25) is 0 Å². The lowest BCUT2D eigenvalue weighted by atomic mass is 10.0. The van der Waals surface area contributed by atoms with Gasteiger partial charge in [0.1, 0.15) is 23.0 Å². The van der Waals surface area contributed by atoms with Gasteiger partial charge >= 0.3 is 0 Å². The molecule has 21 heavy (non-hydrogen) atoms. The summed E-state index contributed by atoms with van der Waals surface area (Å²) in [5, 5.41) is 4.23. The molecule has 0 bridgehead atoms. The summed E-state index contributed by atoms with van der Waals surface area (Å²) in [6.07, 6.45) is 0. The minimum atomic E-state index is -0.421. The number of hydrogen-bond donors (Lipinski definition) is 1. The van der Waals surface area contributed by atoms with E-state index in [9.17, 15) is 4.39 Å². The van der Waals surface area contributed by atoms with Crippen LogP contribution in [0.1, 0.15) is 11.5 Å². The number of hydrogen-bond acceptors (Lipinski definition) is 4. The highest BCUT2D eigenvalue weighted by atomic mass is 35.5. The smallest absolute Gasteiger partial charge is 0.230 e. The van der Waals surface area contributed by atoms with Crippen molar-refractivity contribution in [1.82, 2.24) is 5.16 Å². The minimum Gasteiger partial charge on any atom is -0.466 e. The molecule has 0 aliphatic heterocycles. The van der Waals surface area contributed by atoms with E-state index in [1.54, 1.807) is 6.07 Å². The first-order valence-corrected chi connectivity index (χ1v) is 6.63. The number of aromatic nitrogens is 1. The van der Waals surface area contributed by atoms with Gasteiger partial charge in [0.05, 0.1) is 10.6 Å². The van der Waals surface area contributed by atoms with Crippen LogP contribution in [0.3, 0.4) is 0 Å². The first-order valence-electron chi connectivity index (χ1n) is 6.25. The van der Waals surface area contributed by atoms with Crippen LogP contribution in [0.4, 0.5) is 10.3 Å². The Labute approximate surface area is 125 Å². The van der Waals surface area contributed by atoms with Gasteiger partial charge in [-0.2, -0.15) is 0 Å². The fourth-order valence-electron chi connectivity index (χ4n) is 2.31. The summed E-state index contributed by atoms with van der Waals surface area (Å²) in [5.41, 5.74) is 8.24. The van der Waals surface area contributed by atoms with Gasteiger partial charge in [-0.15, -0.1) is 0 Å². The lowest BCUT2D eigenvalue weighted by molar-refractivity contribution is 0.439. The number of benzene rings is 1. The largest absolute Gasteiger partial charge is 0.466 e. The monoisotopic (exact) mass is 306 g/mol. The second-order valence-electron chi connectivity index (χ2n) is 4.72. The maximum Gasteiger partial charge on any atom is 0.230 e. The molecule has 6 heteroatoms. The average Bonchev–Trinajstić information content (AvgIpc) is 2.93. The fraction of sp³-hybridized carbons (Fsp3) is 0.133. The van der Waals surface area contributed by atoms with E-state index in [1.165, 1.54) is 12.1 Å². The molecule has 0 saturated heterocycles. The van der Waals surface area contributed by atoms with Crippen molar-refractivity contribution >= 4 is 17.5 Å². The summed E-state index contributed by atoms with van der Waals surface area (Å²) < 4.78 is 23.8. The zero-order valence-corrected chi connectivity index (χ0v) is 12.2. The quantitative estimate of drug-likeness (QED) is 0.752. The number of halogens is 2. The summed E-state index contributed by atoms with van der Waals surface area (Å²) >= 11 is 6.11. The van der Waals surface area contributed by atoms with Crippen LogP contribution in [0.15, 0.2) is 33.2 Å². The van der Waals surface area contributed by atoms with Crippen molar-refractivity contribution in [2.75, 3.05) is 5.73 Å². The Morgan fingerprint density at radius 3 is 2.57 bits per heavy atom. The second kappa shape index (κ2) is 4.93. The molecular formula is C15H12ClFN2O2. The van der Waals surface area contributed by atoms with Crippen LogP contribution in [0, 0.1) is 19.7 Å². The molecule has 0 atom stereocenters. The van der Waals surface area contributed by atoms with E-state index in [1.807, 2.05) is 19.9 Å². The average molecular weight is 307 g/mol. The van der Waals surface area contributed by atoms with Crippen molar-refractivity contribution in [2.45, 2.75) is 13.8 Å². The van der Waals surface area contributed by atoms with Crippen molar-refractivity contribution < 1.29 is 13.3 Å². The van der Waals surface area contributed by atoms with Gasteiger partial charge in [-0.1, -0.05) is 16.8 Å². The van der Waals surface area contributed by atoms with E-state index < -0.39 is 5.82 Å². The molecule has 0 amide bonds. The Morgan fingerprint density at radius 2 is 1.95 bits per heavy atom. The van der Waals surface area contributed by atoms with E-state index in [0.29, 0.717) is 22.6 Å². The molecule has 0 radical (unpaired) electrons. The Bertz CT molecular complexity index is 823. The van der Waals surface area contributed by atoms with Gasteiger partial charge in [0, 0.05) is 11.1 Å². The van der Waals surface area contributed by atoms with E-state index in [0.717, 1.165) is 11.3 Å². The Balaban J connectivity index is 2.24. The molecule has 108 valence electrons. The van der Waals surface area contributed by atoms with Crippen LogP contribution in [-0.4, -0.2) is 5.16 Å². The first kappa shape index (κ1) is 13.7. The Morgan fingerprint density at radius 1 is 1.19 bits per heavy atom. The summed E-state index contributed by atoms with van der Waals surface area (Å²) in [7, 11) is 0. The molecule has 0 saturated carbocycles. The zero-order chi connectivity index (χ0) is 15.1. The summed E-state index contributed by atoms with van der Waals surface area (Å²) in [4.78, 5) is 0. The molecule has 0 aliphatic carbocycles. The van der Waals surface area contributed by atoms with Crippen LogP contribution in [0.2, 0.25) is 5.02 Å². The molecule has 4 nitrogen and oxygen atoms in total. The van der Waals surface area contributed by atoms with Crippen LogP contribution < -0.4 is 5.73 Å². The third kappa shape index (κ3) is 2.29. The molecule has 0 aliphatic rings. The highest BCUT2D eigenvalue weighted by molar-refractivity contribution is 6.33. The molecule has 0 spiro atoms. The van der Waals surface area contributed by atoms with Gasteiger partial charge in [0.15, 0.2) is 0 Å². The van der Waals surface area contributed by atoms with Crippen LogP contribution in [-0.2, 0) is 0 Å². The third-order valence-electron chi connectivity index (χ3n) is 3.22. The highest BCUT2D eigenvalue weighted by Crippen LogP contribution is 2.41. The molecule has 2 aromatic heterocycles. The minimum absolute atomic E-state index is 0.122. The fourth-order valence-corrected chi connectivity index (χ4v) is 2.57. The van der Waals surface area contributed by atoms with Crippen molar-refractivity contribution in [3.05, 3.63) is 46.6 Å². The maximum absolute atomic E-state index is 13.2. The Kier molecular flexibility index (Phi) is 3.22. The van der Waals surface area contributed by atoms with E-state index in [4.69, 9.17) is 26.3 Å². The molecule has 0 fully saturated rings. The van der Waals surface area contributed by atoms with Gasteiger partial charge < -0.3 is 14.7 Å². The molecule has 3 rings (SSSR count). The number of aryl methyl sites for hydroxylation is 2. The van der Waals surface area contributed by atoms with E-state index in [2.05, 4.69) is 5.16 Å². The van der Waals surface area contributed by atoms with Crippen molar-refractivity contribution in [2.24, 2.45) is 0 Å². The van der Waals surface area contributed by atoms with Gasteiger partial charge in [0.25, 0.3) is 0 Å². The number of rotatable bonds is 2. The van der Waals surface area contributed by atoms with E-state index >= 15 is 0 Å². The predicted octanol–water partition coefficient (Wildman–Crippen LogP) is 4.59. The summed E-state index contributed by atoms with van der Waals surface area (Å²) in [6.45, 7) is 3.66. The lowest BCUT2D eigenvalue weighted by Gasteiger charge is -2.04. The lowest BCUT2D eigenvalue weighted by Crippen LogP contribution is -1.89. The SMILES string of the molecule is Cc1cc(-c2noc(N)c2-c2ccc(F)cc2Cl)c(C)o1. The first-order chi connectivity index (χ1) is 9.97. The van der Waals surface area contributed by atoms with Gasteiger partial charge in [-0.05, 0) is 38.1 Å². The topological polar surface area (TPSA) is 65.2 Å². The number of anilines is 1. The zero-order valence-electron chi connectivity index (χ0n) is 11.4. The van der Waals surface area contributed by atoms with Gasteiger partial charge in [0.2, 0.25) is 5.88 Å². The molecule has 3 aromatic rings. The highest BCUT2D eigenvalue weighted by Gasteiger charge is 2.22. The van der Waals surface area contributed by atoms with Crippen LogP contribution in [0.25, 0.3) is 22.4 Å².